The highest BCUT2D eigenvalue weighted by molar-refractivity contribution is 7.17. The number of carbonyl (C=O) groups is 1. The van der Waals surface area contributed by atoms with Crippen LogP contribution in [0.4, 0.5) is 19.0 Å². The molecule has 2 aromatic carbocycles. The van der Waals surface area contributed by atoms with Gasteiger partial charge in [0.15, 0.2) is 11.4 Å². The van der Waals surface area contributed by atoms with E-state index in [0.717, 1.165) is 30.5 Å². The van der Waals surface area contributed by atoms with Crippen molar-refractivity contribution >= 4 is 44.2 Å². The first-order valence-corrected chi connectivity index (χ1v) is 13.1. The summed E-state index contributed by atoms with van der Waals surface area (Å²) >= 11 is 1.69. The number of rotatable bonds is 5. The maximum Gasteiger partial charge on any atom is 0.416 e. The quantitative estimate of drug-likeness (QED) is 0.272. The number of amides is 1. The predicted octanol–water partition coefficient (Wildman–Crippen LogP) is 6.66. The molecule has 1 N–H and O–H groups in total. The number of hydrogen-bond donors (Lipinski definition) is 1. The number of nitrogens with one attached hydrogen (secondary N) is 1. The number of benzene rings is 2. The van der Waals surface area contributed by atoms with Crippen LogP contribution in [0.3, 0.4) is 0 Å². The molecule has 5 aromatic rings. The van der Waals surface area contributed by atoms with E-state index in [-0.39, 0.29) is 11.8 Å². The van der Waals surface area contributed by atoms with Gasteiger partial charge in [-0.25, -0.2) is 9.97 Å². The van der Waals surface area contributed by atoms with Gasteiger partial charge in [0.05, 0.1) is 11.5 Å². The van der Waals surface area contributed by atoms with E-state index in [9.17, 15) is 18.0 Å². The van der Waals surface area contributed by atoms with Crippen molar-refractivity contribution in [3.05, 3.63) is 77.4 Å². The third-order valence-corrected chi connectivity index (χ3v) is 7.76. The molecule has 6 rings (SSSR count). The minimum Gasteiger partial charge on any atom is -0.450 e. The molecule has 0 bridgehead atoms. The lowest BCUT2D eigenvalue weighted by Gasteiger charge is -2.32. The van der Waals surface area contributed by atoms with Crippen LogP contribution < -0.4 is 10.2 Å². The number of thiophene rings is 1. The van der Waals surface area contributed by atoms with Gasteiger partial charge in [-0.3, -0.25) is 4.79 Å². The zero-order valence-electron chi connectivity index (χ0n) is 20.2. The average Bonchev–Trinajstić information content (AvgIpc) is 3.58. The second-order valence-electron chi connectivity index (χ2n) is 9.39. The van der Waals surface area contributed by atoms with Crippen LogP contribution in [-0.4, -0.2) is 29.0 Å². The summed E-state index contributed by atoms with van der Waals surface area (Å²) in [6, 6.07) is 14.8. The zero-order valence-corrected chi connectivity index (χ0v) is 21.0. The highest BCUT2D eigenvalue weighted by Crippen LogP contribution is 2.35. The SMILES string of the molecule is O=C(NCc1ccc2sccc2c1)[C@H]1CCCN(c2ncnc3cc(-c4ccc(C(F)(F)F)cc4)oc23)C1. The van der Waals surface area contributed by atoms with E-state index in [1.807, 2.05) is 11.0 Å². The van der Waals surface area contributed by atoms with E-state index in [1.54, 1.807) is 17.4 Å². The summed E-state index contributed by atoms with van der Waals surface area (Å²) in [5.74, 6) is 0.774. The molecular weight excluding hydrogens is 513 g/mol. The van der Waals surface area contributed by atoms with Crippen LogP contribution in [-0.2, 0) is 17.5 Å². The van der Waals surface area contributed by atoms with Gasteiger partial charge in [-0.05, 0) is 59.5 Å². The van der Waals surface area contributed by atoms with E-state index in [1.165, 1.54) is 28.5 Å². The molecule has 4 heterocycles. The second-order valence-corrected chi connectivity index (χ2v) is 10.3. The molecule has 1 atom stereocenters. The first-order valence-electron chi connectivity index (χ1n) is 12.3. The van der Waals surface area contributed by atoms with Gasteiger partial charge in [-0.15, -0.1) is 11.3 Å². The number of nitrogens with zero attached hydrogens (tertiary/aromatic N) is 3. The van der Waals surface area contributed by atoms with Gasteiger partial charge in [0.25, 0.3) is 0 Å². The number of carbonyl (C=O) groups excluding carboxylic acids is 1. The number of anilines is 1. The molecule has 0 radical (unpaired) electrons. The molecule has 10 heteroatoms. The van der Waals surface area contributed by atoms with E-state index < -0.39 is 11.7 Å². The molecule has 1 saturated heterocycles. The lowest BCUT2D eigenvalue weighted by molar-refractivity contribution is -0.137. The second kappa shape index (κ2) is 9.75. The lowest BCUT2D eigenvalue weighted by Crippen LogP contribution is -2.43. The van der Waals surface area contributed by atoms with Crippen molar-refractivity contribution < 1.29 is 22.4 Å². The average molecular weight is 537 g/mol. The van der Waals surface area contributed by atoms with Crippen molar-refractivity contribution in [1.29, 1.82) is 0 Å². The Labute approximate surface area is 220 Å². The Balaban J connectivity index is 1.17. The molecule has 1 fully saturated rings. The Morgan fingerprint density at radius 1 is 1.11 bits per heavy atom. The lowest BCUT2D eigenvalue weighted by atomic mass is 9.97. The minimum atomic E-state index is -4.40. The van der Waals surface area contributed by atoms with Gasteiger partial charge < -0.3 is 14.6 Å². The van der Waals surface area contributed by atoms with Crippen LogP contribution in [0, 0.1) is 5.92 Å². The normalized spacial score (nSPS) is 16.3. The minimum absolute atomic E-state index is 0.00435. The molecule has 38 heavy (non-hydrogen) atoms. The number of fused-ring (bicyclic) bond motifs is 2. The number of aromatic nitrogens is 2. The maximum absolute atomic E-state index is 13.0. The van der Waals surface area contributed by atoms with Gasteiger partial charge in [0.1, 0.15) is 17.6 Å². The van der Waals surface area contributed by atoms with E-state index >= 15 is 0 Å². The van der Waals surface area contributed by atoms with Crippen LogP contribution in [0.1, 0.15) is 24.0 Å². The van der Waals surface area contributed by atoms with Crippen LogP contribution in [0.2, 0.25) is 0 Å². The Morgan fingerprint density at radius 2 is 1.95 bits per heavy atom. The van der Waals surface area contributed by atoms with Crippen molar-refractivity contribution in [3.63, 3.8) is 0 Å². The smallest absolute Gasteiger partial charge is 0.416 e. The first-order chi connectivity index (χ1) is 18.3. The van der Waals surface area contributed by atoms with Gasteiger partial charge >= 0.3 is 6.18 Å². The van der Waals surface area contributed by atoms with Crippen LogP contribution >= 0.6 is 11.3 Å². The summed E-state index contributed by atoms with van der Waals surface area (Å²) in [5.41, 5.74) is 1.86. The van der Waals surface area contributed by atoms with Gasteiger partial charge in [-0.1, -0.05) is 18.2 Å². The summed E-state index contributed by atoms with van der Waals surface area (Å²) in [5, 5.41) is 6.31. The molecule has 1 aliphatic heterocycles. The van der Waals surface area contributed by atoms with Crippen molar-refractivity contribution in [2.45, 2.75) is 25.6 Å². The van der Waals surface area contributed by atoms with Crippen LogP contribution in [0.25, 0.3) is 32.5 Å². The zero-order chi connectivity index (χ0) is 26.3. The number of furan rings is 1. The Morgan fingerprint density at radius 3 is 2.76 bits per heavy atom. The van der Waals surface area contributed by atoms with Crippen molar-refractivity contribution in [2.75, 3.05) is 18.0 Å². The molecule has 0 aliphatic carbocycles. The molecule has 1 amide bonds. The summed E-state index contributed by atoms with van der Waals surface area (Å²) in [7, 11) is 0. The Kier molecular flexibility index (Phi) is 6.27. The highest BCUT2D eigenvalue weighted by Gasteiger charge is 2.31. The molecular formula is C28H23F3N4O2S. The Bertz CT molecular complexity index is 1610. The van der Waals surface area contributed by atoms with Gasteiger partial charge in [-0.2, -0.15) is 13.2 Å². The fourth-order valence-electron chi connectivity index (χ4n) is 4.88. The fraction of sp³-hybridized carbons (Fsp3) is 0.250. The molecule has 3 aromatic heterocycles. The third kappa shape index (κ3) is 4.83. The topological polar surface area (TPSA) is 71.3 Å². The summed E-state index contributed by atoms with van der Waals surface area (Å²) in [6.07, 6.45) is -1.38. The molecule has 0 saturated carbocycles. The van der Waals surface area contributed by atoms with Crippen LogP contribution in [0.15, 0.2) is 70.7 Å². The fourth-order valence-corrected chi connectivity index (χ4v) is 5.65. The van der Waals surface area contributed by atoms with E-state index in [2.05, 4.69) is 38.9 Å². The summed E-state index contributed by atoms with van der Waals surface area (Å²) < 4.78 is 46.1. The molecule has 6 nitrogen and oxygen atoms in total. The number of hydrogen-bond acceptors (Lipinski definition) is 6. The Hall–Kier alpha value is -3.92. The van der Waals surface area contributed by atoms with Crippen molar-refractivity contribution in [1.82, 2.24) is 15.3 Å². The molecule has 1 aliphatic rings. The summed E-state index contributed by atoms with van der Waals surface area (Å²) in [6.45, 7) is 1.66. The van der Waals surface area contributed by atoms with Crippen molar-refractivity contribution in [2.24, 2.45) is 5.92 Å². The highest BCUT2D eigenvalue weighted by atomic mass is 32.1. The largest absolute Gasteiger partial charge is 0.450 e. The molecule has 0 spiro atoms. The maximum atomic E-state index is 13.0. The molecule has 194 valence electrons. The monoisotopic (exact) mass is 536 g/mol. The molecule has 0 unspecified atom stereocenters. The number of halogens is 3. The number of alkyl halides is 3. The van der Waals surface area contributed by atoms with Crippen molar-refractivity contribution in [3.8, 4) is 11.3 Å². The van der Waals surface area contributed by atoms with Gasteiger partial charge in [0.2, 0.25) is 5.91 Å². The predicted molar refractivity (Wildman–Crippen MR) is 141 cm³/mol. The van der Waals surface area contributed by atoms with Gasteiger partial charge in [0, 0.05) is 36.0 Å². The number of piperidine rings is 1. The van der Waals surface area contributed by atoms with Crippen LogP contribution in [0.5, 0.6) is 0 Å². The van der Waals surface area contributed by atoms with E-state index in [4.69, 9.17) is 4.42 Å². The first kappa shape index (κ1) is 24.4. The van der Waals surface area contributed by atoms with E-state index in [0.29, 0.717) is 47.9 Å². The summed E-state index contributed by atoms with van der Waals surface area (Å²) in [4.78, 5) is 23.8. The standard InChI is InChI=1S/C28H23F3N4O2S/c29-28(30,31)21-6-4-18(5-7-21)23-13-22-25(37-23)26(34-16-33-22)35-10-1-2-20(15-35)27(36)32-14-17-3-8-24-19(12-17)9-11-38-24/h3-9,11-13,16,20H,1-2,10,14-15H2,(H,32,36)/t20-/m0/s1. The third-order valence-electron chi connectivity index (χ3n) is 6.86.